The van der Waals surface area contributed by atoms with Crippen LogP contribution in [0.1, 0.15) is 43.5 Å². The first-order valence-corrected chi connectivity index (χ1v) is 7.03. The van der Waals surface area contributed by atoms with Crippen molar-refractivity contribution in [3.63, 3.8) is 0 Å². The van der Waals surface area contributed by atoms with Crippen LogP contribution >= 0.6 is 0 Å². The van der Waals surface area contributed by atoms with Crippen LogP contribution in [0.5, 0.6) is 5.88 Å². The Morgan fingerprint density at radius 1 is 1.48 bits per heavy atom. The summed E-state index contributed by atoms with van der Waals surface area (Å²) in [5.41, 5.74) is -0.589. The molecule has 2 N–H and O–H groups in total. The van der Waals surface area contributed by atoms with Crippen LogP contribution in [-0.4, -0.2) is 34.6 Å². The average Bonchev–Trinajstić information content (AvgIpc) is 2.40. The van der Waals surface area contributed by atoms with Crippen LogP contribution in [0.15, 0.2) is 18.3 Å². The minimum absolute atomic E-state index is 0.0578. The second kappa shape index (κ2) is 6.11. The van der Waals surface area contributed by atoms with Crippen molar-refractivity contribution in [1.29, 1.82) is 0 Å². The van der Waals surface area contributed by atoms with Crippen molar-refractivity contribution in [2.75, 3.05) is 6.54 Å². The van der Waals surface area contributed by atoms with Crippen molar-refractivity contribution in [2.24, 2.45) is 5.41 Å². The first kappa shape index (κ1) is 15.3. The Labute approximate surface area is 123 Å². The van der Waals surface area contributed by atoms with Crippen LogP contribution in [-0.2, 0) is 4.79 Å². The van der Waals surface area contributed by atoms with Crippen molar-refractivity contribution in [3.8, 4) is 5.88 Å². The smallest absolute Gasteiger partial charge is 0.310 e. The number of carbonyl (C=O) groups is 2. The number of carboxylic acids is 1. The van der Waals surface area contributed by atoms with Gasteiger partial charge in [0.2, 0.25) is 5.88 Å². The van der Waals surface area contributed by atoms with Crippen LogP contribution in [0.25, 0.3) is 0 Å². The van der Waals surface area contributed by atoms with E-state index in [1.807, 2.05) is 0 Å². The molecule has 0 atom stereocenters. The van der Waals surface area contributed by atoms with E-state index < -0.39 is 11.4 Å². The molecule has 1 aromatic heterocycles. The molecule has 2 rings (SSSR count). The highest BCUT2D eigenvalue weighted by Crippen LogP contribution is 2.24. The number of hydrogen-bond acceptors (Lipinski definition) is 4. The summed E-state index contributed by atoms with van der Waals surface area (Å²) in [6.07, 6.45) is 4.91. The number of pyridine rings is 1. The molecule has 1 aliphatic rings. The Morgan fingerprint density at radius 3 is 2.76 bits per heavy atom. The number of hydrogen-bond donors (Lipinski definition) is 2. The van der Waals surface area contributed by atoms with E-state index in [1.54, 1.807) is 26.0 Å². The van der Waals surface area contributed by atoms with Crippen LogP contribution in [0.3, 0.4) is 0 Å². The molecule has 0 bridgehead atoms. The Morgan fingerprint density at radius 2 is 2.19 bits per heavy atom. The molecule has 0 saturated heterocycles. The normalized spacial score (nSPS) is 15.1. The van der Waals surface area contributed by atoms with Crippen molar-refractivity contribution in [3.05, 3.63) is 23.9 Å². The molecule has 1 fully saturated rings. The number of ether oxygens (including phenoxy) is 1. The molecule has 1 saturated carbocycles. The van der Waals surface area contributed by atoms with Gasteiger partial charge in [0, 0.05) is 24.4 Å². The van der Waals surface area contributed by atoms with Gasteiger partial charge in [-0.15, -0.1) is 0 Å². The van der Waals surface area contributed by atoms with Gasteiger partial charge in [0.05, 0.1) is 5.41 Å². The van der Waals surface area contributed by atoms with Crippen LogP contribution in [0.4, 0.5) is 0 Å². The topological polar surface area (TPSA) is 88.5 Å². The number of aromatic nitrogens is 1. The minimum Gasteiger partial charge on any atom is -0.481 e. The van der Waals surface area contributed by atoms with Crippen LogP contribution in [0, 0.1) is 5.41 Å². The van der Waals surface area contributed by atoms with Gasteiger partial charge in [-0.2, -0.15) is 0 Å². The Bertz CT molecular complexity index is 538. The lowest BCUT2D eigenvalue weighted by Gasteiger charge is -2.25. The molecule has 114 valence electrons. The Balaban J connectivity index is 1.95. The van der Waals surface area contributed by atoms with Gasteiger partial charge in [-0.25, -0.2) is 4.98 Å². The van der Waals surface area contributed by atoms with Gasteiger partial charge < -0.3 is 15.2 Å². The molecule has 0 aliphatic heterocycles. The summed E-state index contributed by atoms with van der Waals surface area (Å²) in [5.74, 6) is -0.846. The van der Waals surface area contributed by atoms with E-state index in [-0.39, 0.29) is 18.6 Å². The van der Waals surface area contributed by atoms with E-state index in [1.165, 1.54) is 6.20 Å². The molecule has 1 amide bonds. The maximum atomic E-state index is 12.0. The molecule has 6 heteroatoms. The zero-order valence-electron chi connectivity index (χ0n) is 12.3. The quantitative estimate of drug-likeness (QED) is 0.835. The number of amides is 1. The van der Waals surface area contributed by atoms with E-state index in [0.29, 0.717) is 11.4 Å². The van der Waals surface area contributed by atoms with E-state index >= 15 is 0 Å². The summed E-state index contributed by atoms with van der Waals surface area (Å²) >= 11 is 0. The summed E-state index contributed by atoms with van der Waals surface area (Å²) in [7, 11) is 0. The van der Waals surface area contributed by atoms with E-state index in [0.717, 1.165) is 19.3 Å². The second-order valence-electron chi connectivity index (χ2n) is 5.93. The van der Waals surface area contributed by atoms with Gasteiger partial charge in [0.25, 0.3) is 5.91 Å². The van der Waals surface area contributed by atoms with E-state index in [2.05, 4.69) is 10.3 Å². The van der Waals surface area contributed by atoms with Crippen molar-refractivity contribution < 1.29 is 19.4 Å². The zero-order valence-corrected chi connectivity index (χ0v) is 12.3. The molecule has 0 radical (unpaired) electrons. The first-order chi connectivity index (χ1) is 9.88. The largest absolute Gasteiger partial charge is 0.481 e. The predicted octanol–water partition coefficient (Wildman–Crippen LogP) is 1.85. The number of nitrogens with one attached hydrogen (secondary N) is 1. The highest BCUT2D eigenvalue weighted by atomic mass is 16.5. The maximum Gasteiger partial charge on any atom is 0.310 e. The highest BCUT2D eigenvalue weighted by molar-refractivity contribution is 5.94. The highest BCUT2D eigenvalue weighted by Gasteiger charge is 2.27. The number of carboxylic acid groups (broad SMARTS) is 1. The minimum atomic E-state index is -1.01. The van der Waals surface area contributed by atoms with Gasteiger partial charge >= 0.3 is 5.97 Å². The lowest BCUT2D eigenvalue weighted by Crippen LogP contribution is -2.38. The fourth-order valence-corrected chi connectivity index (χ4v) is 1.75. The summed E-state index contributed by atoms with van der Waals surface area (Å²) in [6, 6.07) is 3.16. The van der Waals surface area contributed by atoms with Crippen molar-refractivity contribution in [1.82, 2.24) is 10.3 Å². The van der Waals surface area contributed by atoms with Crippen molar-refractivity contribution >= 4 is 11.9 Å². The van der Waals surface area contributed by atoms with E-state index in [9.17, 15) is 9.59 Å². The molecule has 6 nitrogen and oxygen atoms in total. The molecule has 1 aromatic rings. The molecule has 0 unspecified atom stereocenters. The average molecular weight is 292 g/mol. The molecule has 0 aromatic carbocycles. The third kappa shape index (κ3) is 3.93. The standard InChI is InChI=1S/C15H20N2O4/c1-15(2,14(19)20)9-17-13(18)10-6-7-16-12(8-10)21-11-4-3-5-11/h6-8,11H,3-5,9H2,1-2H3,(H,17,18)(H,19,20). The summed E-state index contributed by atoms with van der Waals surface area (Å²) in [5, 5.41) is 11.6. The third-order valence-electron chi connectivity index (χ3n) is 3.61. The number of rotatable bonds is 6. The SMILES string of the molecule is CC(C)(CNC(=O)c1ccnc(OC2CCC2)c1)C(=O)O. The summed E-state index contributed by atoms with van der Waals surface area (Å²) in [4.78, 5) is 27.1. The lowest BCUT2D eigenvalue weighted by molar-refractivity contribution is -0.146. The Kier molecular flexibility index (Phi) is 4.45. The molecule has 0 spiro atoms. The molecule has 1 heterocycles. The first-order valence-electron chi connectivity index (χ1n) is 7.03. The van der Waals surface area contributed by atoms with Gasteiger partial charge in [0.15, 0.2) is 0 Å². The summed E-state index contributed by atoms with van der Waals surface area (Å²) in [6.45, 7) is 3.18. The monoisotopic (exact) mass is 292 g/mol. The van der Waals surface area contributed by atoms with Crippen LogP contribution < -0.4 is 10.1 Å². The van der Waals surface area contributed by atoms with Gasteiger partial charge in [-0.1, -0.05) is 0 Å². The molecular weight excluding hydrogens is 272 g/mol. The van der Waals surface area contributed by atoms with E-state index in [4.69, 9.17) is 9.84 Å². The van der Waals surface area contributed by atoms with Gasteiger partial charge in [-0.05, 0) is 39.2 Å². The fraction of sp³-hybridized carbons (Fsp3) is 0.533. The maximum absolute atomic E-state index is 12.0. The molecular formula is C15H20N2O4. The van der Waals surface area contributed by atoms with Crippen LogP contribution in [0.2, 0.25) is 0 Å². The third-order valence-corrected chi connectivity index (χ3v) is 3.61. The Hall–Kier alpha value is -2.11. The van der Waals surface area contributed by atoms with Gasteiger partial charge in [0.1, 0.15) is 6.10 Å². The number of nitrogens with zero attached hydrogens (tertiary/aromatic N) is 1. The van der Waals surface area contributed by atoms with Gasteiger partial charge in [-0.3, -0.25) is 9.59 Å². The second-order valence-corrected chi connectivity index (χ2v) is 5.93. The number of aliphatic carboxylic acids is 1. The summed E-state index contributed by atoms with van der Waals surface area (Å²) < 4.78 is 5.64. The predicted molar refractivity (Wildman–Crippen MR) is 76.3 cm³/mol. The number of carbonyl (C=O) groups excluding carboxylic acids is 1. The zero-order chi connectivity index (χ0) is 15.5. The van der Waals surface area contributed by atoms with Crippen molar-refractivity contribution in [2.45, 2.75) is 39.2 Å². The molecule has 21 heavy (non-hydrogen) atoms. The fourth-order valence-electron chi connectivity index (χ4n) is 1.75. The molecule has 1 aliphatic carbocycles. The lowest BCUT2D eigenvalue weighted by atomic mass is 9.94.